The average molecular weight is 400 g/mol. The lowest BCUT2D eigenvalue weighted by Crippen LogP contribution is -2.66. The molecule has 3 N–H and O–H groups in total. The van der Waals surface area contributed by atoms with E-state index in [1.54, 1.807) is 0 Å². The summed E-state index contributed by atoms with van der Waals surface area (Å²) in [7, 11) is 0. The lowest BCUT2D eigenvalue weighted by atomic mass is 9.77. The largest absolute Gasteiger partial charge is 0.451 e. The molecule has 0 aliphatic heterocycles. The minimum atomic E-state index is -2.61. The third-order valence-corrected chi connectivity index (χ3v) is 4.00. The summed E-state index contributed by atoms with van der Waals surface area (Å²) in [5.41, 5.74) is -2.38. The van der Waals surface area contributed by atoms with E-state index < -0.39 is 55.0 Å². The van der Waals surface area contributed by atoms with Gasteiger partial charge >= 0.3 is 23.7 Å². The van der Waals surface area contributed by atoms with Gasteiger partial charge in [-0.05, 0) is 27.7 Å². The van der Waals surface area contributed by atoms with Gasteiger partial charge in [-0.1, -0.05) is 19.7 Å². The number of aliphatic hydroxyl groups excluding tert-OH is 3. The molecule has 0 aliphatic rings. The SMILES string of the molecule is C=C(C)C(=O)OC(C)C(OC(=O)C(=C)C)(OC(=O)C(=C)C)C(CO)(CO)CO. The first kappa shape index (κ1) is 25.5. The Morgan fingerprint density at radius 3 is 1.36 bits per heavy atom. The number of hydrogen-bond acceptors (Lipinski definition) is 9. The Balaban J connectivity index is 6.70. The monoisotopic (exact) mass is 400 g/mol. The molecule has 0 bridgehead atoms. The third kappa shape index (κ3) is 5.28. The van der Waals surface area contributed by atoms with Crippen molar-refractivity contribution >= 4 is 17.9 Å². The van der Waals surface area contributed by atoms with Crippen molar-refractivity contribution in [3.8, 4) is 0 Å². The molecule has 158 valence electrons. The van der Waals surface area contributed by atoms with Gasteiger partial charge in [0.05, 0.1) is 19.8 Å². The molecule has 1 unspecified atom stereocenters. The molecule has 0 saturated heterocycles. The first-order chi connectivity index (χ1) is 12.8. The summed E-state index contributed by atoms with van der Waals surface area (Å²) in [6.07, 6.45) is -1.57. The molecule has 9 heteroatoms. The van der Waals surface area contributed by atoms with E-state index in [0.717, 1.165) is 0 Å². The highest BCUT2D eigenvalue weighted by molar-refractivity contribution is 5.90. The van der Waals surface area contributed by atoms with E-state index >= 15 is 0 Å². The molecular formula is C19H28O9. The highest BCUT2D eigenvalue weighted by Gasteiger charge is 2.63. The van der Waals surface area contributed by atoms with Crippen LogP contribution in [0.4, 0.5) is 0 Å². The Hall–Kier alpha value is -2.49. The zero-order valence-electron chi connectivity index (χ0n) is 16.6. The molecule has 0 aromatic heterocycles. The fourth-order valence-electron chi connectivity index (χ4n) is 2.10. The number of aliphatic hydroxyl groups is 3. The highest BCUT2D eigenvalue weighted by Crippen LogP contribution is 2.41. The van der Waals surface area contributed by atoms with E-state index in [-0.39, 0.29) is 16.7 Å². The number of rotatable bonds is 11. The first-order valence-electron chi connectivity index (χ1n) is 8.30. The topological polar surface area (TPSA) is 140 Å². The van der Waals surface area contributed by atoms with E-state index in [0.29, 0.717) is 0 Å². The Morgan fingerprint density at radius 2 is 1.11 bits per heavy atom. The van der Waals surface area contributed by atoms with E-state index in [9.17, 15) is 29.7 Å². The predicted octanol–water partition coefficient (Wildman–Crippen LogP) is 0.392. The summed E-state index contributed by atoms with van der Waals surface area (Å²) >= 11 is 0. The fraction of sp³-hybridized carbons (Fsp3) is 0.526. The van der Waals surface area contributed by atoms with Crippen molar-refractivity contribution in [3.05, 3.63) is 36.5 Å². The quantitative estimate of drug-likeness (QED) is 0.255. The van der Waals surface area contributed by atoms with Crippen LogP contribution < -0.4 is 0 Å². The second-order valence-corrected chi connectivity index (χ2v) is 6.59. The van der Waals surface area contributed by atoms with Crippen molar-refractivity contribution in [2.75, 3.05) is 19.8 Å². The van der Waals surface area contributed by atoms with Crippen molar-refractivity contribution in [1.29, 1.82) is 0 Å². The van der Waals surface area contributed by atoms with Crippen LogP contribution in [-0.4, -0.2) is 64.9 Å². The molecule has 0 saturated carbocycles. The predicted molar refractivity (Wildman–Crippen MR) is 98.6 cm³/mol. The van der Waals surface area contributed by atoms with Crippen LogP contribution >= 0.6 is 0 Å². The van der Waals surface area contributed by atoms with Crippen LogP contribution in [0.5, 0.6) is 0 Å². The summed E-state index contributed by atoms with van der Waals surface area (Å²) in [6.45, 7) is 12.4. The number of esters is 3. The Morgan fingerprint density at radius 1 is 0.786 bits per heavy atom. The van der Waals surface area contributed by atoms with E-state index in [4.69, 9.17) is 14.2 Å². The standard InChI is InChI=1S/C19H28O9/c1-11(2)15(23)26-14(7)19(27-16(24)12(3)4,28-17(25)13(5)6)18(8-20,9-21)10-22/h14,20-22H,1,3,5,8-10H2,2,4,6-7H3. The minimum absolute atomic E-state index is 0.0131. The van der Waals surface area contributed by atoms with Crippen molar-refractivity contribution in [2.24, 2.45) is 5.41 Å². The average Bonchev–Trinajstić information content (AvgIpc) is 2.62. The van der Waals surface area contributed by atoms with Gasteiger partial charge in [-0.3, -0.25) is 0 Å². The van der Waals surface area contributed by atoms with Crippen LogP contribution in [0.1, 0.15) is 27.7 Å². The second-order valence-electron chi connectivity index (χ2n) is 6.59. The molecule has 0 aliphatic carbocycles. The van der Waals surface area contributed by atoms with Crippen LogP contribution in [0.15, 0.2) is 36.5 Å². The van der Waals surface area contributed by atoms with Crippen LogP contribution in [0.2, 0.25) is 0 Å². The molecule has 0 radical (unpaired) electrons. The van der Waals surface area contributed by atoms with Gasteiger partial charge in [0.2, 0.25) is 0 Å². The van der Waals surface area contributed by atoms with E-state index in [1.165, 1.54) is 27.7 Å². The maximum absolute atomic E-state index is 12.3. The van der Waals surface area contributed by atoms with Gasteiger partial charge in [-0.25, -0.2) is 14.4 Å². The normalized spacial score (nSPS) is 12.5. The smallest absolute Gasteiger partial charge is 0.336 e. The molecular weight excluding hydrogens is 372 g/mol. The molecule has 0 rings (SSSR count). The van der Waals surface area contributed by atoms with Gasteiger partial charge in [0.25, 0.3) is 0 Å². The Bertz CT molecular complexity index is 622. The van der Waals surface area contributed by atoms with Gasteiger partial charge in [-0.2, -0.15) is 0 Å². The van der Waals surface area contributed by atoms with Crippen LogP contribution in [0.3, 0.4) is 0 Å². The zero-order valence-corrected chi connectivity index (χ0v) is 16.6. The lowest BCUT2D eigenvalue weighted by Gasteiger charge is -2.47. The summed E-state index contributed by atoms with van der Waals surface area (Å²) in [5, 5.41) is 29.7. The molecule has 9 nitrogen and oxygen atoms in total. The molecule has 0 aromatic rings. The Labute approximate surface area is 163 Å². The Kier molecular flexibility index (Phi) is 9.26. The van der Waals surface area contributed by atoms with Crippen molar-refractivity contribution in [3.63, 3.8) is 0 Å². The molecule has 28 heavy (non-hydrogen) atoms. The van der Waals surface area contributed by atoms with Gasteiger partial charge < -0.3 is 29.5 Å². The number of carbonyl (C=O) groups excluding carboxylic acids is 3. The third-order valence-electron chi connectivity index (χ3n) is 4.00. The summed E-state index contributed by atoms with van der Waals surface area (Å²) in [4.78, 5) is 36.6. The molecule has 0 spiro atoms. The molecule has 0 heterocycles. The van der Waals surface area contributed by atoms with Gasteiger partial charge in [-0.15, -0.1) is 0 Å². The molecule has 0 amide bonds. The number of ether oxygens (including phenoxy) is 3. The van der Waals surface area contributed by atoms with Gasteiger partial charge in [0, 0.05) is 16.7 Å². The first-order valence-corrected chi connectivity index (χ1v) is 8.30. The van der Waals surface area contributed by atoms with Crippen LogP contribution in [0, 0.1) is 5.41 Å². The minimum Gasteiger partial charge on any atom is -0.451 e. The molecule has 1 atom stereocenters. The van der Waals surface area contributed by atoms with Gasteiger partial charge in [0.15, 0.2) is 6.10 Å². The highest BCUT2D eigenvalue weighted by atomic mass is 16.8. The van der Waals surface area contributed by atoms with E-state index in [2.05, 4.69) is 19.7 Å². The van der Waals surface area contributed by atoms with Crippen molar-refractivity contribution in [2.45, 2.75) is 39.6 Å². The molecule has 0 aromatic carbocycles. The second kappa shape index (κ2) is 10.2. The fourth-order valence-corrected chi connectivity index (χ4v) is 2.10. The lowest BCUT2D eigenvalue weighted by molar-refractivity contribution is -0.321. The van der Waals surface area contributed by atoms with Crippen molar-refractivity contribution < 1.29 is 43.9 Å². The maximum Gasteiger partial charge on any atom is 0.336 e. The van der Waals surface area contributed by atoms with Gasteiger partial charge in [0.1, 0.15) is 5.41 Å². The van der Waals surface area contributed by atoms with Crippen LogP contribution in [0.25, 0.3) is 0 Å². The number of carbonyl (C=O) groups is 3. The number of hydrogen-bond donors (Lipinski definition) is 3. The molecule has 0 fully saturated rings. The zero-order chi connectivity index (χ0) is 22.3. The summed E-state index contributed by atoms with van der Waals surface area (Å²) < 4.78 is 15.7. The van der Waals surface area contributed by atoms with Crippen molar-refractivity contribution in [1.82, 2.24) is 0 Å². The summed E-state index contributed by atoms with van der Waals surface area (Å²) in [6, 6.07) is 0. The van der Waals surface area contributed by atoms with Crippen LogP contribution in [-0.2, 0) is 28.6 Å². The van der Waals surface area contributed by atoms with E-state index in [1.807, 2.05) is 0 Å². The maximum atomic E-state index is 12.3. The summed E-state index contributed by atoms with van der Waals surface area (Å²) in [5.74, 6) is -5.68.